The maximum Gasteiger partial charge on any atom is 0.354 e. The Morgan fingerprint density at radius 1 is 1.37 bits per heavy atom. The van der Waals surface area contributed by atoms with E-state index in [9.17, 15) is 9.59 Å². The molecule has 0 spiro atoms. The third-order valence-electron chi connectivity index (χ3n) is 2.67. The standard InChI is InChI=1S/C13H13N3O3/c1-16-6-2-3-11(16)12(17)15-8-9-4-5-10(13(18)19)14-7-9/h2-7H,8H2,1H3,(H,15,17)(H,18,19). The molecule has 0 unspecified atom stereocenters. The first kappa shape index (κ1) is 12.8. The van der Waals surface area contributed by atoms with Gasteiger partial charge in [0.25, 0.3) is 5.91 Å². The van der Waals surface area contributed by atoms with Crippen molar-refractivity contribution in [1.29, 1.82) is 0 Å². The molecule has 0 aliphatic rings. The number of carboxylic acids is 1. The zero-order chi connectivity index (χ0) is 13.8. The highest BCUT2D eigenvalue weighted by Gasteiger charge is 2.08. The largest absolute Gasteiger partial charge is 0.477 e. The van der Waals surface area contributed by atoms with Gasteiger partial charge in [-0.15, -0.1) is 0 Å². The fourth-order valence-electron chi connectivity index (χ4n) is 1.63. The van der Waals surface area contributed by atoms with Crippen LogP contribution in [0.4, 0.5) is 0 Å². The van der Waals surface area contributed by atoms with Crippen molar-refractivity contribution in [2.24, 2.45) is 7.05 Å². The van der Waals surface area contributed by atoms with Gasteiger partial charge in [-0.3, -0.25) is 4.79 Å². The Bertz CT molecular complexity index is 602. The van der Waals surface area contributed by atoms with Gasteiger partial charge in [-0.1, -0.05) is 6.07 Å². The normalized spacial score (nSPS) is 10.2. The Morgan fingerprint density at radius 3 is 2.68 bits per heavy atom. The number of carbonyl (C=O) groups excluding carboxylic acids is 1. The predicted molar refractivity (Wildman–Crippen MR) is 67.8 cm³/mol. The molecule has 0 bridgehead atoms. The molecule has 0 fully saturated rings. The van der Waals surface area contributed by atoms with Gasteiger partial charge < -0.3 is 15.0 Å². The van der Waals surface area contributed by atoms with E-state index in [1.54, 1.807) is 36.0 Å². The first-order chi connectivity index (χ1) is 9.08. The van der Waals surface area contributed by atoms with Crippen LogP contribution in [0.15, 0.2) is 36.7 Å². The van der Waals surface area contributed by atoms with E-state index in [1.807, 2.05) is 0 Å². The molecule has 19 heavy (non-hydrogen) atoms. The smallest absolute Gasteiger partial charge is 0.354 e. The summed E-state index contributed by atoms with van der Waals surface area (Å²) in [6, 6.07) is 6.55. The molecule has 0 atom stereocenters. The minimum atomic E-state index is -1.07. The molecular formula is C13H13N3O3. The lowest BCUT2D eigenvalue weighted by Crippen LogP contribution is -2.24. The zero-order valence-electron chi connectivity index (χ0n) is 10.3. The summed E-state index contributed by atoms with van der Waals surface area (Å²) in [6.07, 6.45) is 3.23. The van der Waals surface area contributed by atoms with E-state index in [4.69, 9.17) is 5.11 Å². The lowest BCUT2D eigenvalue weighted by atomic mass is 10.2. The number of hydrogen-bond donors (Lipinski definition) is 2. The summed E-state index contributed by atoms with van der Waals surface area (Å²) in [5, 5.41) is 11.5. The van der Waals surface area contributed by atoms with Gasteiger partial charge in [-0.25, -0.2) is 9.78 Å². The molecule has 0 aliphatic carbocycles. The second kappa shape index (κ2) is 5.34. The van der Waals surface area contributed by atoms with Crippen molar-refractivity contribution in [3.05, 3.63) is 53.6 Å². The Labute approximate surface area is 109 Å². The van der Waals surface area contributed by atoms with Crippen LogP contribution < -0.4 is 5.32 Å². The van der Waals surface area contributed by atoms with Crippen molar-refractivity contribution >= 4 is 11.9 Å². The van der Waals surface area contributed by atoms with Crippen LogP contribution in [0.5, 0.6) is 0 Å². The molecule has 6 nitrogen and oxygen atoms in total. The average Bonchev–Trinajstić information content (AvgIpc) is 2.83. The molecule has 0 aromatic carbocycles. The molecule has 6 heteroatoms. The van der Waals surface area contributed by atoms with Crippen LogP contribution in [0.25, 0.3) is 0 Å². The number of amides is 1. The molecule has 0 radical (unpaired) electrons. The average molecular weight is 259 g/mol. The zero-order valence-corrected chi connectivity index (χ0v) is 10.3. The van der Waals surface area contributed by atoms with Crippen LogP contribution in [-0.2, 0) is 13.6 Å². The fourth-order valence-corrected chi connectivity index (χ4v) is 1.63. The minimum absolute atomic E-state index is 0.0162. The van der Waals surface area contributed by atoms with Crippen molar-refractivity contribution in [3.8, 4) is 0 Å². The number of aryl methyl sites for hydroxylation is 1. The highest BCUT2D eigenvalue weighted by Crippen LogP contribution is 2.02. The lowest BCUT2D eigenvalue weighted by molar-refractivity contribution is 0.0690. The topological polar surface area (TPSA) is 84.2 Å². The van der Waals surface area contributed by atoms with Crippen LogP contribution in [0.2, 0.25) is 0 Å². The van der Waals surface area contributed by atoms with Gasteiger partial charge in [0.15, 0.2) is 0 Å². The van der Waals surface area contributed by atoms with Crippen molar-refractivity contribution in [3.63, 3.8) is 0 Å². The van der Waals surface area contributed by atoms with Gasteiger partial charge in [0, 0.05) is 26.0 Å². The van der Waals surface area contributed by atoms with Gasteiger partial charge >= 0.3 is 5.97 Å². The molecule has 2 rings (SSSR count). The molecular weight excluding hydrogens is 246 g/mol. The van der Waals surface area contributed by atoms with Crippen LogP contribution in [0.1, 0.15) is 26.5 Å². The summed E-state index contributed by atoms with van der Waals surface area (Å²) >= 11 is 0. The van der Waals surface area contributed by atoms with E-state index < -0.39 is 5.97 Å². The molecule has 98 valence electrons. The summed E-state index contributed by atoms with van der Waals surface area (Å²) in [5.74, 6) is -1.26. The Balaban J connectivity index is 1.97. The summed E-state index contributed by atoms with van der Waals surface area (Å²) in [4.78, 5) is 26.2. The molecule has 1 amide bonds. The number of aromatic carboxylic acids is 1. The maximum atomic E-state index is 11.8. The van der Waals surface area contributed by atoms with E-state index in [0.29, 0.717) is 12.2 Å². The van der Waals surface area contributed by atoms with Crippen LogP contribution in [-0.4, -0.2) is 26.5 Å². The number of nitrogens with one attached hydrogen (secondary N) is 1. The molecule has 2 aromatic rings. The van der Waals surface area contributed by atoms with Gasteiger partial charge in [-0.2, -0.15) is 0 Å². The first-order valence-electron chi connectivity index (χ1n) is 5.65. The van der Waals surface area contributed by atoms with E-state index >= 15 is 0 Å². The fraction of sp³-hybridized carbons (Fsp3) is 0.154. The second-order valence-electron chi connectivity index (χ2n) is 4.04. The van der Waals surface area contributed by atoms with E-state index in [-0.39, 0.29) is 11.6 Å². The number of hydrogen-bond acceptors (Lipinski definition) is 3. The van der Waals surface area contributed by atoms with Crippen molar-refractivity contribution in [1.82, 2.24) is 14.9 Å². The quantitative estimate of drug-likeness (QED) is 0.859. The maximum absolute atomic E-state index is 11.8. The lowest BCUT2D eigenvalue weighted by Gasteiger charge is -2.06. The Hall–Kier alpha value is -2.63. The van der Waals surface area contributed by atoms with Gasteiger partial charge in [0.1, 0.15) is 11.4 Å². The Kier molecular flexibility index (Phi) is 3.61. The van der Waals surface area contributed by atoms with Crippen LogP contribution in [0.3, 0.4) is 0 Å². The highest BCUT2D eigenvalue weighted by atomic mass is 16.4. The van der Waals surface area contributed by atoms with Crippen molar-refractivity contribution in [2.45, 2.75) is 6.54 Å². The molecule has 0 saturated carbocycles. The second-order valence-corrected chi connectivity index (χ2v) is 4.04. The SMILES string of the molecule is Cn1cccc1C(=O)NCc1ccc(C(=O)O)nc1. The number of aromatic nitrogens is 2. The summed E-state index contributed by atoms with van der Waals surface area (Å²) in [6.45, 7) is 0.302. The molecule has 2 N–H and O–H groups in total. The van der Waals surface area contributed by atoms with E-state index in [1.165, 1.54) is 12.3 Å². The predicted octanol–water partition coefficient (Wildman–Crippen LogP) is 1.05. The third-order valence-corrected chi connectivity index (χ3v) is 2.67. The van der Waals surface area contributed by atoms with Gasteiger partial charge in [0.05, 0.1) is 0 Å². The summed E-state index contributed by atoms with van der Waals surface area (Å²) in [7, 11) is 1.79. The number of rotatable bonds is 4. The van der Waals surface area contributed by atoms with Crippen molar-refractivity contribution in [2.75, 3.05) is 0 Å². The van der Waals surface area contributed by atoms with Crippen LogP contribution in [0, 0.1) is 0 Å². The van der Waals surface area contributed by atoms with Crippen LogP contribution >= 0.6 is 0 Å². The summed E-state index contributed by atoms with van der Waals surface area (Å²) in [5.41, 5.74) is 1.29. The molecule has 2 heterocycles. The monoisotopic (exact) mass is 259 g/mol. The van der Waals surface area contributed by atoms with Gasteiger partial charge in [-0.05, 0) is 23.8 Å². The van der Waals surface area contributed by atoms with E-state index in [0.717, 1.165) is 5.56 Å². The molecule has 0 saturated heterocycles. The number of nitrogens with zero attached hydrogens (tertiary/aromatic N) is 2. The number of carbonyl (C=O) groups is 2. The minimum Gasteiger partial charge on any atom is -0.477 e. The number of pyridine rings is 1. The first-order valence-corrected chi connectivity index (χ1v) is 5.65. The molecule has 2 aromatic heterocycles. The van der Waals surface area contributed by atoms with Crippen molar-refractivity contribution < 1.29 is 14.7 Å². The summed E-state index contributed by atoms with van der Waals surface area (Å²) < 4.78 is 1.72. The highest BCUT2D eigenvalue weighted by molar-refractivity contribution is 5.92. The molecule has 0 aliphatic heterocycles. The Morgan fingerprint density at radius 2 is 2.16 bits per heavy atom. The van der Waals surface area contributed by atoms with Gasteiger partial charge in [0.2, 0.25) is 0 Å². The van der Waals surface area contributed by atoms with E-state index in [2.05, 4.69) is 10.3 Å². The number of carboxylic acid groups (broad SMARTS) is 1. The third kappa shape index (κ3) is 2.98.